The van der Waals surface area contributed by atoms with Gasteiger partial charge in [-0.1, -0.05) is 141 Å². The van der Waals surface area contributed by atoms with Crippen LogP contribution in [-0.4, -0.2) is 4.40 Å². The molecule has 0 atom stereocenters. The maximum absolute atomic E-state index is 2.47. The van der Waals surface area contributed by atoms with E-state index in [4.69, 9.17) is 0 Å². The molecular formula is C57H38N2S. The molecule has 0 saturated carbocycles. The van der Waals surface area contributed by atoms with E-state index in [1.165, 1.54) is 103 Å². The van der Waals surface area contributed by atoms with Gasteiger partial charge in [-0.25, -0.2) is 0 Å². The van der Waals surface area contributed by atoms with Crippen molar-refractivity contribution in [2.24, 2.45) is 0 Å². The molecule has 9 aromatic carbocycles. The molecule has 1 aliphatic carbocycles. The van der Waals surface area contributed by atoms with E-state index < -0.39 is 0 Å². The number of hydrogen-bond donors (Lipinski definition) is 0. The molecule has 60 heavy (non-hydrogen) atoms. The molecule has 0 spiro atoms. The highest BCUT2D eigenvalue weighted by Gasteiger charge is 2.35. The summed E-state index contributed by atoms with van der Waals surface area (Å²) in [6.07, 6.45) is 0. The van der Waals surface area contributed by atoms with E-state index >= 15 is 0 Å². The number of benzene rings is 9. The van der Waals surface area contributed by atoms with Crippen LogP contribution in [0.15, 0.2) is 194 Å². The summed E-state index contributed by atoms with van der Waals surface area (Å²) >= 11 is 1.87. The SMILES string of the molecule is CC1(C)c2ccccc2-c2ccc(N(c3ccc(-c4ccc5sc6ccccc6c5c4)cc3)c3ccc(-c4ccc5c6cccc7c8ccccc8n(c5c4)c76)cc3)cc21. The fourth-order valence-electron chi connectivity index (χ4n) is 10.4. The van der Waals surface area contributed by atoms with Crippen LogP contribution in [0.1, 0.15) is 25.0 Å². The van der Waals surface area contributed by atoms with Crippen molar-refractivity contribution in [3.8, 4) is 33.4 Å². The van der Waals surface area contributed by atoms with Crippen molar-refractivity contribution in [1.29, 1.82) is 0 Å². The fourth-order valence-corrected chi connectivity index (χ4v) is 11.5. The number of nitrogens with zero attached hydrogens (tertiary/aromatic N) is 2. The first-order chi connectivity index (χ1) is 29.5. The Kier molecular flexibility index (Phi) is 6.98. The Morgan fingerprint density at radius 2 is 0.950 bits per heavy atom. The molecule has 0 N–H and O–H groups in total. The van der Waals surface area contributed by atoms with Crippen LogP contribution in [0.5, 0.6) is 0 Å². The third-order valence-corrected chi connectivity index (χ3v) is 14.5. The zero-order valence-electron chi connectivity index (χ0n) is 33.3. The number of aromatic nitrogens is 1. The summed E-state index contributed by atoms with van der Waals surface area (Å²) < 4.78 is 5.13. The van der Waals surface area contributed by atoms with Gasteiger partial charge in [0.05, 0.1) is 16.6 Å². The van der Waals surface area contributed by atoms with Crippen molar-refractivity contribution >= 4 is 86.7 Å². The van der Waals surface area contributed by atoms with Gasteiger partial charge in [0.25, 0.3) is 0 Å². The van der Waals surface area contributed by atoms with Crippen LogP contribution < -0.4 is 4.90 Å². The third-order valence-electron chi connectivity index (χ3n) is 13.3. The van der Waals surface area contributed by atoms with E-state index in [9.17, 15) is 0 Å². The Morgan fingerprint density at radius 1 is 0.383 bits per heavy atom. The maximum atomic E-state index is 2.47. The molecule has 0 bridgehead atoms. The zero-order chi connectivity index (χ0) is 39.7. The second-order valence-corrected chi connectivity index (χ2v) is 18.0. The summed E-state index contributed by atoms with van der Waals surface area (Å²) in [5.41, 5.74) is 17.4. The lowest BCUT2D eigenvalue weighted by molar-refractivity contribution is 0.660. The third kappa shape index (κ3) is 4.75. The highest BCUT2D eigenvalue weighted by Crippen LogP contribution is 2.51. The smallest absolute Gasteiger partial charge is 0.0620 e. The second-order valence-electron chi connectivity index (χ2n) is 16.9. The van der Waals surface area contributed by atoms with E-state index in [1.807, 2.05) is 11.3 Å². The number of rotatable bonds is 5. The Morgan fingerprint density at radius 3 is 1.73 bits per heavy atom. The molecule has 282 valence electrons. The Labute approximate surface area is 352 Å². The molecule has 13 rings (SSSR count). The van der Waals surface area contributed by atoms with E-state index in [0.29, 0.717) is 0 Å². The predicted molar refractivity (Wildman–Crippen MR) is 257 cm³/mol. The Bertz CT molecular complexity index is 3680. The average Bonchev–Trinajstić information content (AvgIpc) is 4.01. The maximum Gasteiger partial charge on any atom is 0.0620 e. The number of fused-ring (bicyclic) bond motifs is 12. The lowest BCUT2D eigenvalue weighted by Crippen LogP contribution is -2.16. The molecule has 0 saturated heterocycles. The topological polar surface area (TPSA) is 7.65 Å². The van der Waals surface area contributed by atoms with Crippen molar-refractivity contribution in [3.63, 3.8) is 0 Å². The zero-order valence-corrected chi connectivity index (χ0v) is 34.1. The molecule has 0 amide bonds. The molecule has 0 unspecified atom stereocenters. The van der Waals surface area contributed by atoms with Gasteiger partial charge in [-0.2, -0.15) is 0 Å². The van der Waals surface area contributed by atoms with Crippen LogP contribution in [0, 0.1) is 0 Å². The van der Waals surface area contributed by atoms with Gasteiger partial charge < -0.3 is 9.30 Å². The predicted octanol–water partition coefficient (Wildman–Crippen LogP) is 16.3. The molecule has 1 aliphatic rings. The van der Waals surface area contributed by atoms with Gasteiger partial charge in [-0.15, -0.1) is 11.3 Å². The average molecular weight is 783 g/mol. The first-order valence-corrected chi connectivity index (χ1v) is 21.6. The molecule has 3 aromatic heterocycles. The quantitative estimate of drug-likeness (QED) is 0.169. The van der Waals surface area contributed by atoms with Gasteiger partial charge in [0.2, 0.25) is 0 Å². The molecule has 0 radical (unpaired) electrons. The van der Waals surface area contributed by atoms with Gasteiger partial charge in [-0.05, 0) is 111 Å². The largest absolute Gasteiger partial charge is 0.310 e. The van der Waals surface area contributed by atoms with Crippen LogP contribution in [0.4, 0.5) is 17.1 Å². The molecule has 3 heteroatoms. The summed E-state index contributed by atoms with van der Waals surface area (Å²) in [6.45, 7) is 4.72. The molecule has 0 aliphatic heterocycles. The summed E-state index contributed by atoms with van der Waals surface area (Å²) in [5.74, 6) is 0. The number of anilines is 3. The van der Waals surface area contributed by atoms with Crippen LogP contribution in [0.25, 0.3) is 91.6 Å². The first-order valence-electron chi connectivity index (χ1n) is 20.8. The summed E-state index contributed by atoms with van der Waals surface area (Å²) in [6, 6.07) is 72.4. The lowest BCUT2D eigenvalue weighted by atomic mass is 9.82. The summed E-state index contributed by atoms with van der Waals surface area (Å²) in [5, 5.41) is 7.87. The number of para-hydroxylation sites is 2. The van der Waals surface area contributed by atoms with Crippen molar-refractivity contribution < 1.29 is 0 Å². The van der Waals surface area contributed by atoms with Crippen molar-refractivity contribution in [2.45, 2.75) is 19.3 Å². The molecule has 3 heterocycles. The minimum atomic E-state index is -0.102. The van der Waals surface area contributed by atoms with Gasteiger partial charge in [0.1, 0.15) is 0 Å². The van der Waals surface area contributed by atoms with Gasteiger partial charge in [0, 0.05) is 64.2 Å². The molecular weight excluding hydrogens is 745 g/mol. The summed E-state index contributed by atoms with van der Waals surface area (Å²) in [7, 11) is 0. The normalized spacial score (nSPS) is 13.3. The highest BCUT2D eigenvalue weighted by atomic mass is 32.1. The van der Waals surface area contributed by atoms with Crippen LogP contribution in [-0.2, 0) is 5.41 Å². The Balaban J connectivity index is 0.923. The van der Waals surface area contributed by atoms with E-state index in [2.05, 4.69) is 217 Å². The Hall–Kier alpha value is -7.20. The first kappa shape index (κ1) is 33.7. The molecule has 2 nitrogen and oxygen atoms in total. The van der Waals surface area contributed by atoms with Crippen molar-refractivity contribution in [3.05, 3.63) is 205 Å². The van der Waals surface area contributed by atoms with E-state index in [0.717, 1.165) is 17.1 Å². The van der Waals surface area contributed by atoms with Crippen LogP contribution >= 0.6 is 11.3 Å². The fraction of sp³-hybridized carbons (Fsp3) is 0.0526. The van der Waals surface area contributed by atoms with Gasteiger partial charge in [0.15, 0.2) is 0 Å². The van der Waals surface area contributed by atoms with Gasteiger partial charge in [-0.3, -0.25) is 0 Å². The highest BCUT2D eigenvalue weighted by molar-refractivity contribution is 7.25. The van der Waals surface area contributed by atoms with Gasteiger partial charge >= 0.3 is 0 Å². The molecule has 12 aromatic rings. The minimum absolute atomic E-state index is 0.102. The lowest BCUT2D eigenvalue weighted by Gasteiger charge is -2.28. The van der Waals surface area contributed by atoms with Crippen molar-refractivity contribution in [1.82, 2.24) is 4.40 Å². The van der Waals surface area contributed by atoms with E-state index in [1.54, 1.807) is 0 Å². The minimum Gasteiger partial charge on any atom is -0.310 e. The second kappa shape index (κ2) is 12.4. The van der Waals surface area contributed by atoms with E-state index in [-0.39, 0.29) is 5.41 Å². The summed E-state index contributed by atoms with van der Waals surface area (Å²) in [4.78, 5) is 2.42. The van der Waals surface area contributed by atoms with Crippen molar-refractivity contribution in [2.75, 3.05) is 4.90 Å². The molecule has 0 fully saturated rings. The van der Waals surface area contributed by atoms with Crippen LogP contribution in [0.2, 0.25) is 0 Å². The number of thiophene rings is 1. The standard InChI is InChI=1S/C57H38N2S/c1-57(2)50-15-6-3-10-42(50)43-30-28-41(34-51(43)57)58(39-24-18-35(19-25-39)37-23-31-55-49(32-37)46-12-5-8-17-54(46)60-55)40-26-20-36(21-27-40)38-22-29-45-48-14-9-13-47-44-11-4-7-16-52(44)59(56(47)48)53(45)33-38/h3-34H,1-2H3. The van der Waals surface area contributed by atoms with Crippen LogP contribution in [0.3, 0.4) is 0 Å². The monoisotopic (exact) mass is 782 g/mol. The number of hydrogen-bond acceptors (Lipinski definition) is 2.